The molecule has 0 saturated carbocycles. The molecule has 0 fully saturated rings. The van der Waals surface area contributed by atoms with Gasteiger partial charge in [0, 0.05) is 34.9 Å². The number of methoxy groups -OCH3 is 1. The maximum Gasteiger partial charge on any atom is 0.259 e. The zero-order valence-electron chi connectivity index (χ0n) is 23.6. The molecule has 0 atom stereocenters. The van der Waals surface area contributed by atoms with E-state index in [1.54, 1.807) is 20.2 Å². The Morgan fingerprint density at radius 2 is 1.66 bits per heavy atom. The smallest absolute Gasteiger partial charge is 0.259 e. The molecule has 0 saturated heterocycles. The molecule has 3 heterocycles. The molecule has 0 aromatic carbocycles. The van der Waals surface area contributed by atoms with Crippen molar-refractivity contribution in [1.29, 1.82) is 0 Å². The SMILES string of the molecule is C=CN=C1SC(NC(=O)c2cnc(C)cc2-c2cc(C)ncc2OC)=N/C1=C(/C)OCC(C)=O.CC.CC. The molecule has 1 N–H and O–H groups in total. The molecule has 0 radical (unpaired) electrons. The number of hydrogen-bond donors (Lipinski definition) is 1. The Balaban J connectivity index is 0.00000172. The molecule has 0 bridgehead atoms. The van der Waals surface area contributed by atoms with E-state index >= 15 is 0 Å². The zero-order chi connectivity index (χ0) is 28.8. The average molecular weight is 540 g/mol. The maximum atomic E-state index is 13.3. The minimum atomic E-state index is -0.397. The molecule has 2 aromatic heterocycles. The fourth-order valence-corrected chi connectivity index (χ4v) is 3.97. The molecule has 0 spiro atoms. The summed E-state index contributed by atoms with van der Waals surface area (Å²) in [4.78, 5) is 41.8. The third-order valence-electron chi connectivity index (χ3n) is 4.66. The van der Waals surface area contributed by atoms with Crippen molar-refractivity contribution in [3.63, 3.8) is 0 Å². The summed E-state index contributed by atoms with van der Waals surface area (Å²) in [6.07, 6.45) is 4.52. The summed E-state index contributed by atoms with van der Waals surface area (Å²) in [6, 6.07) is 3.68. The number of carbonyl (C=O) groups excluding carboxylic acids is 2. The van der Waals surface area contributed by atoms with E-state index in [4.69, 9.17) is 9.47 Å². The molecular formula is C28H37N5O4S. The van der Waals surface area contributed by atoms with Gasteiger partial charge < -0.3 is 14.8 Å². The largest absolute Gasteiger partial charge is 0.494 e. The first-order valence-electron chi connectivity index (χ1n) is 12.3. The number of thioether (sulfide) groups is 1. The molecule has 1 amide bonds. The Morgan fingerprint density at radius 1 is 1.05 bits per heavy atom. The first kappa shape index (κ1) is 32.2. The first-order valence-corrected chi connectivity index (χ1v) is 13.1. The number of amides is 1. The average Bonchev–Trinajstić information content (AvgIpc) is 3.31. The molecule has 0 unspecified atom stereocenters. The summed E-state index contributed by atoms with van der Waals surface area (Å²) in [6.45, 7) is 18.4. The predicted octanol–water partition coefficient (Wildman–Crippen LogP) is 6.03. The number of carbonyl (C=O) groups is 2. The Hall–Kier alpha value is -3.79. The van der Waals surface area contributed by atoms with Crippen LogP contribution in [0.2, 0.25) is 0 Å². The van der Waals surface area contributed by atoms with Crippen LogP contribution in [0.25, 0.3) is 11.1 Å². The lowest BCUT2D eigenvalue weighted by atomic mass is 9.99. The van der Waals surface area contributed by atoms with Gasteiger partial charge in [-0.2, -0.15) is 0 Å². The van der Waals surface area contributed by atoms with Crippen LogP contribution in [0.15, 0.2) is 58.7 Å². The van der Waals surface area contributed by atoms with E-state index < -0.39 is 5.91 Å². The Kier molecular flexibility index (Phi) is 13.7. The predicted molar refractivity (Wildman–Crippen MR) is 156 cm³/mol. The summed E-state index contributed by atoms with van der Waals surface area (Å²) in [5.41, 5.74) is 3.70. The minimum Gasteiger partial charge on any atom is -0.494 e. The van der Waals surface area contributed by atoms with Gasteiger partial charge in [0.05, 0.1) is 18.9 Å². The van der Waals surface area contributed by atoms with E-state index in [0.29, 0.717) is 38.5 Å². The number of aryl methyl sites for hydroxylation is 2. The topological polar surface area (TPSA) is 115 Å². The van der Waals surface area contributed by atoms with Crippen molar-refractivity contribution in [2.75, 3.05) is 13.7 Å². The summed E-state index contributed by atoms with van der Waals surface area (Å²) < 4.78 is 11.0. The van der Waals surface area contributed by atoms with Crippen molar-refractivity contribution in [3.8, 4) is 16.9 Å². The van der Waals surface area contributed by atoms with Crippen LogP contribution in [0.3, 0.4) is 0 Å². The second kappa shape index (κ2) is 16.1. The van der Waals surface area contributed by atoms with Gasteiger partial charge in [0.2, 0.25) is 0 Å². The van der Waals surface area contributed by atoms with Gasteiger partial charge in [-0.25, -0.2) is 9.98 Å². The van der Waals surface area contributed by atoms with Crippen LogP contribution < -0.4 is 10.1 Å². The Morgan fingerprint density at radius 3 is 2.24 bits per heavy atom. The fourth-order valence-electron chi connectivity index (χ4n) is 3.09. The van der Waals surface area contributed by atoms with Crippen LogP contribution in [0.1, 0.15) is 63.3 Å². The number of hydrogen-bond acceptors (Lipinski definition) is 9. The van der Waals surface area contributed by atoms with Gasteiger partial charge in [-0.1, -0.05) is 34.3 Å². The van der Waals surface area contributed by atoms with Crippen molar-refractivity contribution in [2.24, 2.45) is 9.98 Å². The van der Waals surface area contributed by atoms with Crippen LogP contribution in [-0.2, 0) is 9.53 Å². The highest BCUT2D eigenvalue weighted by Gasteiger charge is 2.26. The minimum absolute atomic E-state index is 0.0792. The highest BCUT2D eigenvalue weighted by Crippen LogP contribution is 2.33. The van der Waals surface area contributed by atoms with Gasteiger partial charge in [0.1, 0.15) is 28.9 Å². The molecule has 2 aromatic rings. The molecule has 1 aliphatic rings. The number of nitrogens with zero attached hydrogens (tertiary/aromatic N) is 4. The van der Waals surface area contributed by atoms with Gasteiger partial charge in [-0.15, -0.1) is 0 Å². The summed E-state index contributed by atoms with van der Waals surface area (Å²) in [5.74, 6) is 0.446. The Bertz CT molecular complexity index is 1250. The molecule has 0 aliphatic carbocycles. The lowest BCUT2D eigenvalue weighted by Crippen LogP contribution is -2.28. The molecule has 204 valence electrons. The van der Waals surface area contributed by atoms with E-state index in [1.807, 2.05) is 53.7 Å². The summed E-state index contributed by atoms with van der Waals surface area (Å²) >= 11 is 1.16. The van der Waals surface area contributed by atoms with Crippen molar-refractivity contribution in [3.05, 3.63) is 65.7 Å². The highest BCUT2D eigenvalue weighted by atomic mass is 32.2. The molecule has 38 heavy (non-hydrogen) atoms. The monoisotopic (exact) mass is 539 g/mol. The van der Waals surface area contributed by atoms with E-state index in [9.17, 15) is 9.59 Å². The van der Waals surface area contributed by atoms with Gasteiger partial charge in [0.15, 0.2) is 11.0 Å². The number of ether oxygens (including phenoxy) is 2. The number of pyridine rings is 2. The van der Waals surface area contributed by atoms with Gasteiger partial charge in [-0.05, 0) is 51.6 Å². The summed E-state index contributed by atoms with van der Waals surface area (Å²) in [5, 5.41) is 3.64. The Labute approximate surface area is 229 Å². The lowest BCUT2D eigenvalue weighted by Gasteiger charge is -2.14. The van der Waals surface area contributed by atoms with Crippen LogP contribution in [0.5, 0.6) is 5.75 Å². The van der Waals surface area contributed by atoms with E-state index in [1.165, 1.54) is 19.3 Å². The number of allylic oxidation sites excluding steroid dienone is 1. The van der Waals surface area contributed by atoms with Gasteiger partial charge >= 0.3 is 0 Å². The number of rotatable bonds is 7. The van der Waals surface area contributed by atoms with E-state index in [0.717, 1.165) is 28.7 Å². The number of nitrogens with one attached hydrogen (secondary N) is 1. The number of Topliss-reactive ketones (excluding diaryl/α,β-unsaturated/α-hetero) is 1. The van der Waals surface area contributed by atoms with Crippen molar-refractivity contribution < 1.29 is 19.1 Å². The molecule has 1 aliphatic heterocycles. The second-order valence-electron chi connectivity index (χ2n) is 7.38. The molecule has 3 rings (SSSR count). The van der Waals surface area contributed by atoms with E-state index in [-0.39, 0.29) is 12.4 Å². The van der Waals surface area contributed by atoms with Crippen LogP contribution in [0, 0.1) is 13.8 Å². The third kappa shape index (κ3) is 8.65. The molecule has 10 heteroatoms. The van der Waals surface area contributed by atoms with Crippen LogP contribution in [-0.4, -0.2) is 45.6 Å². The molecular weight excluding hydrogens is 502 g/mol. The number of ketones is 1. The highest BCUT2D eigenvalue weighted by molar-refractivity contribution is 8.27. The van der Waals surface area contributed by atoms with Crippen molar-refractivity contribution in [2.45, 2.75) is 55.4 Å². The number of aliphatic imine (C=N–C) groups is 2. The number of aromatic nitrogens is 2. The quantitative estimate of drug-likeness (QED) is 0.427. The second-order valence-corrected chi connectivity index (χ2v) is 8.36. The fraction of sp³-hybridized carbons (Fsp3) is 0.357. The standard InChI is InChI=1S/C24H25N5O4S.2C2H6/c1-7-25-23-21(16(5)33-12-15(4)30)28-24(34-23)29-22(31)19-10-26-13(2)8-17(19)18-9-14(3)27-11-20(18)32-6;2*1-2/h7-11H,1,12H2,2-6H3,(H,28,29,31);2*1-2H3/b21-16-,25-23?;;. The number of amidine groups is 1. The zero-order valence-corrected chi connectivity index (χ0v) is 24.4. The van der Waals surface area contributed by atoms with Gasteiger partial charge in [0.25, 0.3) is 5.91 Å². The maximum absolute atomic E-state index is 13.3. The van der Waals surface area contributed by atoms with Crippen molar-refractivity contribution >= 4 is 33.7 Å². The van der Waals surface area contributed by atoms with Crippen LogP contribution >= 0.6 is 11.8 Å². The van der Waals surface area contributed by atoms with Crippen molar-refractivity contribution in [1.82, 2.24) is 15.3 Å². The van der Waals surface area contributed by atoms with Gasteiger partial charge in [-0.3, -0.25) is 19.6 Å². The summed E-state index contributed by atoms with van der Waals surface area (Å²) in [7, 11) is 1.55. The lowest BCUT2D eigenvalue weighted by molar-refractivity contribution is -0.120. The molecule has 9 nitrogen and oxygen atoms in total. The normalized spacial score (nSPS) is 14.2. The third-order valence-corrected chi connectivity index (χ3v) is 5.54. The van der Waals surface area contributed by atoms with E-state index in [2.05, 4.69) is 31.8 Å². The first-order chi connectivity index (χ1) is 18.2. The van der Waals surface area contributed by atoms with Crippen LogP contribution in [0.4, 0.5) is 0 Å².